The van der Waals surface area contributed by atoms with Gasteiger partial charge in [-0.25, -0.2) is 8.78 Å². The first kappa shape index (κ1) is 23.7. The van der Waals surface area contributed by atoms with Gasteiger partial charge in [-0.3, -0.25) is 19.1 Å². The fourth-order valence-electron chi connectivity index (χ4n) is 3.18. The molecule has 0 radical (unpaired) electrons. The molecule has 7 nitrogen and oxygen atoms in total. The molecule has 0 aliphatic carbocycles. The van der Waals surface area contributed by atoms with Gasteiger partial charge in [0.1, 0.15) is 17.1 Å². The number of ether oxygens (including phenoxy) is 1. The van der Waals surface area contributed by atoms with Gasteiger partial charge < -0.3 is 15.8 Å². The van der Waals surface area contributed by atoms with E-state index in [1.54, 1.807) is 12.1 Å². The number of nitrogens with zero attached hydrogens (tertiary/aromatic N) is 2. The standard InChI is InChI=1S/C25H17ClF2N4O3/c26-19(14-29)23-22(4-1-11-30-23)35-21-10-7-16(13-20(21)28)31-24(33)18-3-2-12-32(25(18)34)17-8-5-15(27)6-9-17/h1-14H,29H2,(H,31,33). The van der Waals surface area contributed by atoms with Gasteiger partial charge in [0, 0.05) is 36.0 Å². The average molecular weight is 495 g/mol. The zero-order valence-electron chi connectivity index (χ0n) is 17.9. The molecule has 2 aromatic heterocycles. The lowest BCUT2D eigenvalue weighted by atomic mass is 10.2. The molecule has 10 heteroatoms. The van der Waals surface area contributed by atoms with Crippen LogP contribution in [0.4, 0.5) is 14.5 Å². The van der Waals surface area contributed by atoms with Gasteiger partial charge in [-0.15, -0.1) is 0 Å². The molecule has 1 amide bonds. The van der Waals surface area contributed by atoms with E-state index in [1.807, 2.05) is 0 Å². The van der Waals surface area contributed by atoms with E-state index in [4.69, 9.17) is 22.1 Å². The number of hydrogen-bond donors (Lipinski definition) is 2. The monoisotopic (exact) mass is 494 g/mol. The van der Waals surface area contributed by atoms with Crippen molar-refractivity contribution in [2.45, 2.75) is 0 Å². The zero-order valence-corrected chi connectivity index (χ0v) is 18.7. The van der Waals surface area contributed by atoms with Crippen LogP contribution in [0.5, 0.6) is 11.5 Å². The van der Waals surface area contributed by atoms with Crippen molar-refractivity contribution < 1.29 is 18.3 Å². The Kier molecular flexibility index (Phi) is 6.88. The largest absolute Gasteiger partial charge is 0.452 e. The number of nitrogens with two attached hydrogens (primary N) is 1. The van der Waals surface area contributed by atoms with E-state index in [1.165, 1.54) is 65.5 Å². The van der Waals surface area contributed by atoms with Crippen LogP contribution in [0, 0.1) is 11.6 Å². The molecule has 0 saturated heterocycles. The minimum absolute atomic E-state index is 0.0998. The molecule has 0 bridgehead atoms. The Morgan fingerprint density at radius 3 is 2.54 bits per heavy atom. The Hall–Kier alpha value is -4.50. The highest BCUT2D eigenvalue weighted by Crippen LogP contribution is 2.32. The Morgan fingerprint density at radius 2 is 1.83 bits per heavy atom. The molecule has 0 spiro atoms. The molecular weight excluding hydrogens is 478 g/mol. The average Bonchev–Trinajstić information content (AvgIpc) is 2.86. The van der Waals surface area contributed by atoms with Gasteiger partial charge in [-0.2, -0.15) is 0 Å². The Bertz CT molecular complexity index is 1490. The summed E-state index contributed by atoms with van der Waals surface area (Å²) < 4.78 is 34.7. The molecule has 2 aromatic carbocycles. The van der Waals surface area contributed by atoms with Crippen LogP contribution in [-0.2, 0) is 0 Å². The molecule has 0 saturated carbocycles. The highest BCUT2D eigenvalue weighted by Gasteiger charge is 2.16. The van der Waals surface area contributed by atoms with E-state index in [0.29, 0.717) is 5.69 Å². The number of amides is 1. The van der Waals surface area contributed by atoms with Crippen molar-refractivity contribution in [1.82, 2.24) is 9.55 Å². The van der Waals surface area contributed by atoms with E-state index in [9.17, 15) is 18.4 Å². The second-order valence-electron chi connectivity index (χ2n) is 7.14. The lowest BCUT2D eigenvalue weighted by Crippen LogP contribution is -2.27. The molecular formula is C25H17ClF2N4O3. The van der Waals surface area contributed by atoms with E-state index < -0.39 is 23.1 Å². The van der Waals surface area contributed by atoms with Gasteiger partial charge in [0.25, 0.3) is 11.5 Å². The summed E-state index contributed by atoms with van der Waals surface area (Å²) in [5.41, 5.74) is 5.35. The van der Waals surface area contributed by atoms with Crippen LogP contribution in [0.3, 0.4) is 0 Å². The number of hydrogen-bond acceptors (Lipinski definition) is 5. The van der Waals surface area contributed by atoms with Gasteiger partial charge in [0.05, 0.1) is 5.03 Å². The van der Waals surface area contributed by atoms with Crippen LogP contribution in [-0.4, -0.2) is 15.5 Å². The third-order valence-corrected chi connectivity index (χ3v) is 5.15. The smallest absolute Gasteiger partial charge is 0.267 e. The van der Waals surface area contributed by atoms with E-state index in [-0.39, 0.29) is 33.5 Å². The molecule has 3 N–H and O–H groups in total. The fourth-order valence-corrected chi connectivity index (χ4v) is 3.32. The highest BCUT2D eigenvalue weighted by molar-refractivity contribution is 6.48. The van der Waals surface area contributed by atoms with Crippen molar-refractivity contribution in [3.63, 3.8) is 0 Å². The van der Waals surface area contributed by atoms with Crippen molar-refractivity contribution in [1.29, 1.82) is 0 Å². The SMILES string of the molecule is NC=C(Cl)c1ncccc1Oc1ccc(NC(=O)c2cccn(-c3ccc(F)cc3)c2=O)cc1F. The van der Waals surface area contributed by atoms with Crippen molar-refractivity contribution in [3.8, 4) is 17.2 Å². The first-order valence-corrected chi connectivity index (χ1v) is 10.5. The maximum absolute atomic E-state index is 14.7. The number of carbonyl (C=O) groups is 1. The lowest BCUT2D eigenvalue weighted by Gasteiger charge is -2.12. The number of aromatic nitrogens is 2. The Labute approximate surface area is 203 Å². The normalized spacial score (nSPS) is 11.2. The van der Waals surface area contributed by atoms with Crippen LogP contribution >= 0.6 is 11.6 Å². The van der Waals surface area contributed by atoms with Gasteiger partial charge in [-0.05, 0) is 60.7 Å². The second-order valence-corrected chi connectivity index (χ2v) is 7.55. The summed E-state index contributed by atoms with van der Waals surface area (Å²) in [6.45, 7) is 0. The molecule has 0 aliphatic rings. The molecule has 0 unspecified atom stereocenters. The minimum atomic E-state index is -0.776. The Balaban J connectivity index is 1.55. The highest BCUT2D eigenvalue weighted by atomic mass is 35.5. The third-order valence-electron chi connectivity index (χ3n) is 4.85. The summed E-state index contributed by atoms with van der Waals surface area (Å²) in [4.78, 5) is 29.6. The third kappa shape index (κ3) is 5.20. The molecule has 176 valence electrons. The van der Waals surface area contributed by atoms with Crippen molar-refractivity contribution in [2.75, 3.05) is 5.32 Å². The first-order chi connectivity index (χ1) is 16.9. The summed E-state index contributed by atoms with van der Waals surface area (Å²) in [5.74, 6) is -1.93. The molecule has 35 heavy (non-hydrogen) atoms. The van der Waals surface area contributed by atoms with E-state index in [0.717, 1.165) is 12.3 Å². The predicted molar refractivity (Wildman–Crippen MR) is 129 cm³/mol. The van der Waals surface area contributed by atoms with Crippen molar-refractivity contribution >= 4 is 28.2 Å². The summed E-state index contributed by atoms with van der Waals surface area (Å²) in [6, 6.07) is 15.0. The van der Waals surface area contributed by atoms with E-state index >= 15 is 0 Å². The number of rotatable bonds is 6. The van der Waals surface area contributed by atoms with Crippen LogP contribution in [0.2, 0.25) is 0 Å². The quantitative estimate of drug-likeness (QED) is 0.391. The number of halogens is 3. The van der Waals surface area contributed by atoms with Crippen LogP contribution < -0.4 is 21.3 Å². The molecule has 0 aliphatic heterocycles. The van der Waals surface area contributed by atoms with Crippen molar-refractivity contribution in [2.24, 2.45) is 5.73 Å². The van der Waals surface area contributed by atoms with Crippen molar-refractivity contribution in [3.05, 3.63) is 119 Å². The molecule has 4 aromatic rings. The number of pyridine rings is 2. The summed E-state index contributed by atoms with van der Waals surface area (Å²) >= 11 is 6.02. The summed E-state index contributed by atoms with van der Waals surface area (Å²) in [5, 5.41) is 2.61. The molecule has 0 fully saturated rings. The second kappa shape index (κ2) is 10.2. The lowest BCUT2D eigenvalue weighted by molar-refractivity contribution is 0.102. The number of nitrogens with one attached hydrogen (secondary N) is 1. The summed E-state index contributed by atoms with van der Waals surface area (Å²) in [7, 11) is 0. The van der Waals surface area contributed by atoms with Gasteiger partial charge in [0.15, 0.2) is 17.3 Å². The van der Waals surface area contributed by atoms with Gasteiger partial charge in [-0.1, -0.05) is 11.6 Å². The number of anilines is 1. The maximum Gasteiger partial charge on any atom is 0.267 e. The van der Waals surface area contributed by atoms with Gasteiger partial charge in [0.2, 0.25) is 0 Å². The molecule has 2 heterocycles. The van der Waals surface area contributed by atoms with Crippen LogP contribution in [0.25, 0.3) is 10.7 Å². The number of carbonyl (C=O) groups excluding carboxylic acids is 1. The molecule has 0 atom stereocenters. The van der Waals surface area contributed by atoms with Crippen LogP contribution in [0.15, 0.2) is 90.1 Å². The first-order valence-electron chi connectivity index (χ1n) is 10.2. The summed E-state index contributed by atoms with van der Waals surface area (Å²) in [6.07, 6.45) is 4.08. The molecule has 4 rings (SSSR count). The van der Waals surface area contributed by atoms with Crippen LogP contribution in [0.1, 0.15) is 16.1 Å². The van der Waals surface area contributed by atoms with E-state index in [2.05, 4.69) is 10.3 Å². The van der Waals surface area contributed by atoms with Gasteiger partial charge >= 0.3 is 0 Å². The number of benzene rings is 2. The minimum Gasteiger partial charge on any atom is -0.452 e. The predicted octanol–water partition coefficient (Wildman–Crippen LogP) is 5.05. The maximum atomic E-state index is 14.7. The fraction of sp³-hybridized carbons (Fsp3) is 0. The zero-order chi connectivity index (χ0) is 24.9. The Morgan fingerprint density at radius 1 is 1.06 bits per heavy atom. The topological polar surface area (TPSA) is 99.2 Å².